The maximum absolute atomic E-state index is 4.54. The molecule has 0 aliphatic heterocycles. The molecule has 1 saturated carbocycles. The second-order valence-electron chi connectivity index (χ2n) is 4.72. The van der Waals surface area contributed by atoms with E-state index in [9.17, 15) is 0 Å². The number of hydrogen-bond donors (Lipinski definition) is 0. The molecular weight excluding hydrogens is 264 g/mol. The van der Waals surface area contributed by atoms with Crippen molar-refractivity contribution < 1.29 is 0 Å². The topological polar surface area (TPSA) is 17.8 Å². The Labute approximate surface area is 104 Å². The fourth-order valence-electron chi connectivity index (χ4n) is 2.47. The Morgan fingerprint density at radius 1 is 1.44 bits per heavy atom. The molecule has 1 aromatic carbocycles. The van der Waals surface area contributed by atoms with Gasteiger partial charge in [0.25, 0.3) is 0 Å². The molecule has 1 aliphatic rings. The van der Waals surface area contributed by atoms with E-state index in [1.165, 1.54) is 30.2 Å². The predicted octanol–water partition coefficient (Wildman–Crippen LogP) is 4.16. The molecule has 3 rings (SSSR count). The van der Waals surface area contributed by atoms with E-state index in [0.717, 1.165) is 10.4 Å². The fraction of sp³-hybridized carbons (Fsp3) is 0.462. The van der Waals surface area contributed by atoms with Gasteiger partial charge in [0.05, 0.1) is 17.8 Å². The van der Waals surface area contributed by atoms with Crippen LogP contribution in [0.2, 0.25) is 0 Å². The van der Waals surface area contributed by atoms with Gasteiger partial charge in [-0.3, -0.25) is 4.68 Å². The van der Waals surface area contributed by atoms with E-state index in [1.807, 2.05) is 6.20 Å². The third-order valence-corrected chi connectivity index (χ3v) is 4.27. The average molecular weight is 279 g/mol. The smallest absolute Gasteiger partial charge is 0.0686 e. The van der Waals surface area contributed by atoms with Gasteiger partial charge in [0, 0.05) is 9.86 Å². The number of hydrogen-bond acceptors (Lipinski definition) is 1. The highest BCUT2D eigenvalue weighted by Gasteiger charge is 2.26. The standard InChI is InChI=1S/C13H15BrN2/c1-9(10-3-2-4-10)16-13-6-5-12(14)7-11(13)8-15-16/h5-10H,2-4H2,1H3/t9-/m0/s1. The van der Waals surface area contributed by atoms with E-state index < -0.39 is 0 Å². The van der Waals surface area contributed by atoms with Gasteiger partial charge in [0.15, 0.2) is 0 Å². The number of rotatable bonds is 2. The molecule has 0 amide bonds. The zero-order valence-electron chi connectivity index (χ0n) is 9.36. The normalized spacial score (nSPS) is 18.6. The molecule has 2 aromatic rings. The van der Waals surface area contributed by atoms with Crippen LogP contribution in [-0.4, -0.2) is 9.78 Å². The van der Waals surface area contributed by atoms with E-state index >= 15 is 0 Å². The molecule has 84 valence electrons. The van der Waals surface area contributed by atoms with Gasteiger partial charge in [-0.1, -0.05) is 22.4 Å². The number of halogens is 1. The molecule has 1 aromatic heterocycles. The van der Waals surface area contributed by atoms with Crippen molar-refractivity contribution in [2.24, 2.45) is 5.92 Å². The molecule has 1 heterocycles. The summed E-state index contributed by atoms with van der Waals surface area (Å²) in [6, 6.07) is 6.91. The molecule has 0 radical (unpaired) electrons. The molecule has 0 saturated heterocycles. The first kappa shape index (κ1) is 10.3. The second-order valence-corrected chi connectivity index (χ2v) is 5.64. The number of benzene rings is 1. The van der Waals surface area contributed by atoms with Gasteiger partial charge in [0.2, 0.25) is 0 Å². The SMILES string of the molecule is C[C@@H](C1CCC1)n1ncc2cc(Br)ccc21. The highest BCUT2D eigenvalue weighted by molar-refractivity contribution is 9.10. The van der Waals surface area contributed by atoms with Crippen LogP contribution in [0, 0.1) is 5.92 Å². The van der Waals surface area contributed by atoms with Gasteiger partial charge < -0.3 is 0 Å². The number of nitrogens with zero attached hydrogens (tertiary/aromatic N) is 2. The summed E-state index contributed by atoms with van der Waals surface area (Å²) in [6.07, 6.45) is 6.08. The average Bonchev–Trinajstić information content (AvgIpc) is 2.57. The van der Waals surface area contributed by atoms with Crippen LogP contribution in [0.4, 0.5) is 0 Å². The van der Waals surface area contributed by atoms with Crippen LogP contribution in [0.5, 0.6) is 0 Å². The Bertz CT molecular complexity index is 514. The van der Waals surface area contributed by atoms with Crippen LogP contribution >= 0.6 is 15.9 Å². The molecule has 2 nitrogen and oxygen atoms in total. The fourth-order valence-corrected chi connectivity index (χ4v) is 2.85. The molecule has 0 spiro atoms. The van der Waals surface area contributed by atoms with Gasteiger partial charge in [0.1, 0.15) is 0 Å². The maximum atomic E-state index is 4.54. The van der Waals surface area contributed by atoms with Crippen molar-refractivity contribution >= 4 is 26.8 Å². The summed E-state index contributed by atoms with van der Waals surface area (Å²) in [6.45, 7) is 2.29. The van der Waals surface area contributed by atoms with Crippen LogP contribution < -0.4 is 0 Å². The highest BCUT2D eigenvalue weighted by Crippen LogP contribution is 2.37. The summed E-state index contributed by atoms with van der Waals surface area (Å²) in [5.74, 6) is 0.826. The zero-order valence-corrected chi connectivity index (χ0v) is 10.9. The van der Waals surface area contributed by atoms with Crippen molar-refractivity contribution in [1.82, 2.24) is 9.78 Å². The Morgan fingerprint density at radius 2 is 2.25 bits per heavy atom. The lowest BCUT2D eigenvalue weighted by molar-refractivity contribution is 0.215. The first-order valence-corrected chi connectivity index (χ1v) is 6.68. The Hall–Kier alpha value is -0.830. The molecule has 1 atom stereocenters. The van der Waals surface area contributed by atoms with E-state index in [-0.39, 0.29) is 0 Å². The van der Waals surface area contributed by atoms with E-state index in [4.69, 9.17) is 0 Å². The molecule has 0 N–H and O–H groups in total. The van der Waals surface area contributed by atoms with Crippen LogP contribution in [0.15, 0.2) is 28.9 Å². The van der Waals surface area contributed by atoms with E-state index in [0.29, 0.717) is 6.04 Å². The van der Waals surface area contributed by atoms with Crippen molar-refractivity contribution in [3.63, 3.8) is 0 Å². The molecule has 1 fully saturated rings. The lowest BCUT2D eigenvalue weighted by atomic mass is 9.80. The van der Waals surface area contributed by atoms with Gasteiger partial charge >= 0.3 is 0 Å². The lowest BCUT2D eigenvalue weighted by Crippen LogP contribution is -2.23. The predicted molar refractivity (Wildman–Crippen MR) is 69.5 cm³/mol. The maximum Gasteiger partial charge on any atom is 0.0686 e. The number of fused-ring (bicyclic) bond motifs is 1. The molecule has 1 aliphatic carbocycles. The summed E-state index contributed by atoms with van der Waals surface area (Å²) in [7, 11) is 0. The monoisotopic (exact) mass is 278 g/mol. The largest absolute Gasteiger partial charge is 0.262 e. The van der Waals surface area contributed by atoms with Gasteiger partial charge in [-0.05, 0) is 43.9 Å². The summed E-state index contributed by atoms with van der Waals surface area (Å²) in [5.41, 5.74) is 1.25. The zero-order chi connectivity index (χ0) is 11.1. The van der Waals surface area contributed by atoms with Gasteiger partial charge in [-0.2, -0.15) is 5.10 Å². The molecular formula is C13H15BrN2. The van der Waals surface area contributed by atoms with Crippen molar-refractivity contribution in [2.45, 2.75) is 32.2 Å². The third-order valence-electron chi connectivity index (χ3n) is 3.78. The van der Waals surface area contributed by atoms with Crippen LogP contribution in [0.3, 0.4) is 0 Å². The summed E-state index contributed by atoms with van der Waals surface area (Å²) >= 11 is 3.50. The quantitative estimate of drug-likeness (QED) is 0.807. The lowest BCUT2D eigenvalue weighted by Gasteiger charge is -2.31. The highest BCUT2D eigenvalue weighted by atomic mass is 79.9. The van der Waals surface area contributed by atoms with Gasteiger partial charge in [-0.25, -0.2) is 0 Å². The van der Waals surface area contributed by atoms with Crippen molar-refractivity contribution in [3.8, 4) is 0 Å². The minimum Gasteiger partial charge on any atom is -0.262 e. The minimum absolute atomic E-state index is 0.535. The molecule has 0 unspecified atom stereocenters. The Kier molecular flexibility index (Phi) is 2.51. The minimum atomic E-state index is 0.535. The summed E-state index contributed by atoms with van der Waals surface area (Å²) in [4.78, 5) is 0. The molecule has 16 heavy (non-hydrogen) atoms. The second kappa shape index (κ2) is 3.88. The summed E-state index contributed by atoms with van der Waals surface area (Å²) < 4.78 is 3.31. The van der Waals surface area contributed by atoms with Crippen LogP contribution in [-0.2, 0) is 0 Å². The van der Waals surface area contributed by atoms with E-state index in [1.54, 1.807) is 0 Å². The third kappa shape index (κ3) is 1.58. The van der Waals surface area contributed by atoms with Crippen LogP contribution in [0.1, 0.15) is 32.2 Å². The van der Waals surface area contributed by atoms with Crippen molar-refractivity contribution in [1.29, 1.82) is 0 Å². The Morgan fingerprint density at radius 3 is 2.94 bits per heavy atom. The first-order chi connectivity index (χ1) is 7.75. The summed E-state index contributed by atoms with van der Waals surface area (Å²) in [5, 5.41) is 5.76. The van der Waals surface area contributed by atoms with E-state index in [2.05, 4.69) is 50.8 Å². The van der Waals surface area contributed by atoms with Crippen molar-refractivity contribution in [2.75, 3.05) is 0 Å². The molecule has 0 bridgehead atoms. The van der Waals surface area contributed by atoms with Crippen LogP contribution in [0.25, 0.3) is 10.9 Å². The Balaban J connectivity index is 2.03. The molecule has 3 heteroatoms. The number of aromatic nitrogens is 2. The van der Waals surface area contributed by atoms with Crippen molar-refractivity contribution in [3.05, 3.63) is 28.9 Å². The van der Waals surface area contributed by atoms with Gasteiger partial charge in [-0.15, -0.1) is 0 Å². The first-order valence-electron chi connectivity index (χ1n) is 5.88.